The Morgan fingerprint density at radius 2 is 2.20 bits per heavy atom. The van der Waals surface area contributed by atoms with Crippen LogP contribution in [0.15, 0.2) is 23.4 Å². The number of sulfonamides is 1. The van der Waals surface area contributed by atoms with Gasteiger partial charge in [0.2, 0.25) is 0 Å². The summed E-state index contributed by atoms with van der Waals surface area (Å²) in [7, 11) is -3.78. The van der Waals surface area contributed by atoms with Crippen LogP contribution in [-0.2, 0) is 10.0 Å². The molecule has 25 heavy (non-hydrogen) atoms. The highest BCUT2D eigenvalue weighted by Gasteiger charge is 2.40. The molecule has 0 bridgehead atoms. The molecule has 1 amide bonds. The van der Waals surface area contributed by atoms with Crippen LogP contribution in [0.1, 0.15) is 45.1 Å². The van der Waals surface area contributed by atoms with Crippen molar-refractivity contribution in [2.45, 2.75) is 50.1 Å². The lowest BCUT2D eigenvalue weighted by atomic mass is 9.93. The number of aromatic nitrogens is 1. The van der Waals surface area contributed by atoms with Crippen LogP contribution in [0.25, 0.3) is 0 Å². The van der Waals surface area contributed by atoms with Crippen molar-refractivity contribution in [2.24, 2.45) is 11.1 Å². The standard InChI is InChI=1S/C17H23N3O4S/c1-17(2)10-14(12-20(17)16(21)22)7-5-3-4-6-13-8-9-15(19-11-13)25(18,23)24/h8-9,11,14H,3,5,7,10,12H2,1-2H3,(H,21,22)(H2,18,23,24)/t14-/m0/s1. The van der Waals surface area contributed by atoms with Gasteiger partial charge in [-0.25, -0.2) is 23.3 Å². The molecule has 1 aromatic heterocycles. The first-order chi connectivity index (χ1) is 11.6. The molecule has 1 aliphatic heterocycles. The molecule has 1 fully saturated rings. The zero-order valence-corrected chi connectivity index (χ0v) is 15.2. The van der Waals surface area contributed by atoms with Crippen molar-refractivity contribution in [3.63, 3.8) is 0 Å². The maximum atomic E-state index is 11.2. The van der Waals surface area contributed by atoms with Crippen LogP contribution in [0.5, 0.6) is 0 Å². The number of primary sulfonamides is 1. The van der Waals surface area contributed by atoms with E-state index in [0.29, 0.717) is 24.4 Å². The van der Waals surface area contributed by atoms with Crippen molar-refractivity contribution >= 4 is 16.1 Å². The van der Waals surface area contributed by atoms with Gasteiger partial charge in [0, 0.05) is 30.3 Å². The first kappa shape index (κ1) is 19.2. The number of rotatable bonds is 4. The number of pyridine rings is 1. The molecule has 8 heteroatoms. The Balaban J connectivity index is 1.81. The summed E-state index contributed by atoms with van der Waals surface area (Å²) < 4.78 is 22.2. The summed E-state index contributed by atoms with van der Waals surface area (Å²) in [5, 5.41) is 14.0. The number of nitrogens with two attached hydrogens (primary N) is 1. The lowest BCUT2D eigenvalue weighted by molar-refractivity contribution is 0.117. The van der Waals surface area contributed by atoms with Gasteiger partial charge in [0.05, 0.1) is 0 Å². The zero-order valence-electron chi connectivity index (χ0n) is 14.4. The van der Waals surface area contributed by atoms with E-state index in [2.05, 4.69) is 16.8 Å². The molecule has 3 N–H and O–H groups in total. The fourth-order valence-electron chi connectivity index (χ4n) is 3.18. The highest BCUT2D eigenvalue weighted by atomic mass is 32.2. The van der Waals surface area contributed by atoms with Crippen molar-refractivity contribution in [1.29, 1.82) is 0 Å². The third-order valence-electron chi connectivity index (χ3n) is 4.37. The van der Waals surface area contributed by atoms with Gasteiger partial charge in [-0.3, -0.25) is 0 Å². The first-order valence-electron chi connectivity index (χ1n) is 8.08. The molecule has 2 heterocycles. The number of carboxylic acid groups (broad SMARTS) is 1. The van der Waals surface area contributed by atoms with Gasteiger partial charge in [-0.1, -0.05) is 11.8 Å². The highest BCUT2D eigenvalue weighted by molar-refractivity contribution is 7.89. The monoisotopic (exact) mass is 365 g/mol. The maximum Gasteiger partial charge on any atom is 0.407 e. The summed E-state index contributed by atoms with van der Waals surface area (Å²) in [6.07, 6.45) is 3.92. The molecule has 2 rings (SSSR count). The molecule has 1 aromatic rings. The number of amides is 1. The normalized spacial score (nSPS) is 19.3. The van der Waals surface area contributed by atoms with Crippen LogP contribution in [0.2, 0.25) is 0 Å². The third-order valence-corrected chi connectivity index (χ3v) is 5.19. The number of hydrogen-bond donors (Lipinski definition) is 2. The van der Waals surface area contributed by atoms with Gasteiger partial charge >= 0.3 is 6.09 Å². The summed E-state index contributed by atoms with van der Waals surface area (Å²) in [4.78, 5) is 16.5. The largest absolute Gasteiger partial charge is 0.465 e. The van der Waals surface area contributed by atoms with E-state index >= 15 is 0 Å². The second kappa shape index (κ2) is 7.42. The van der Waals surface area contributed by atoms with Gasteiger partial charge in [-0.05, 0) is 51.2 Å². The van der Waals surface area contributed by atoms with Crippen molar-refractivity contribution in [3.05, 3.63) is 23.9 Å². The molecule has 0 aliphatic carbocycles. The molecule has 0 radical (unpaired) electrons. The van der Waals surface area contributed by atoms with Gasteiger partial charge in [0.1, 0.15) is 0 Å². The zero-order chi connectivity index (χ0) is 18.7. The maximum absolute atomic E-state index is 11.2. The minimum atomic E-state index is -3.78. The van der Waals surface area contributed by atoms with Gasteiger partial charge in [0.25, 0.3) is 10.0 Å². The van der Waals surface area contributed by atoms with Crippen LogP contribution < -0.4 is 5.14 Å². The van der Waals surface area contributed by atoms with E-state index in [1.165, 1.54) is 17.2 Å². The first-order valence-corrected chi connectivity index (χ1v) is 9.62. The Bertz CT molecular complexity index is 791. The quantitative estimate of drug-likeness (QED) is 0.626. The Hall–Kier alpha value is -2.11. The summed E-state index contributed by atoms with van der Waals surface area (Å²) in [6.45, 7) is 4.49. The van der Waals surface area contributed by atoms with Gasteiger partial charge in [-0.15, -0.1) is 0 Å². The number of carbonyl (C=O) groups is 1. The minimum absolute atomic E-state index is 0.176. The summed E-state index contributed by atoms with van der Waals surface area (Å²) in [5.41, 5.74) is 0.324. The molecule has 1 aliphatic rings. The highest BCUT2D eigenvalue weighted by Crippen LogP contribution is 2.35. The van der Waals surface area contributed by atoms with Crippen molar-refractivity contribution < 1.29 is 18.3 Å². The average Bonchev–Trinajstić information content (AvgIpc) is 2.81. The van der Waals surface area contributed by atoms with E-state index in [0.717, 1.165) is 19.3 Å². The molecule has 0 aromatic carbocycles. The Morgan fingerprint density at radius 1 is 1.48 bits per heavy atom. The predicted octanol–water partition coefficient (Wildman–Crippen LogP) is 2.03. The summed E-state index contributed by atoms with van der Waals surface area (Å²) >= 11 is 0. The average molecular weight is 365 g/mol. The molecule has 0 spiro atoms. The van der Waals surface area contributed by atoms with Crippen LogP contribution >= 0.6 is 0 Å². The molecule has 0 unspecified atom stereocenters. The lowest BCUT2D eigenvalue weighted by Gasteiger charge is -2.28. The Morgan fingerprint density at radius 3 is 2.72 bits per heavy atom. The molecular formula is C17H23N3O4S. The molecular weight excluding hydrogens is 342 g/mol. The second-order valence-corrected chi connectivity index (χ2v) is 8.41. The van der Waals surface area contributed by atoms with Gasteiger partial charge in [-0.2, -0.15) is 0 Å². The number of likely N-dealkylation sites (tertiary alicyclic amines) is 1. The Kier molecular flexibility index (Phi) is 5.70. The fraction of sp³-hybridized carbons (Fsp3) is 0.529. The minimum Gasteiger partial charge on any atom is -0.465 e. The van der Waals surface area contributed by atoms with E-state index in [1.54, 1.807) is 6.07 Å². The van der Waals surface area contributed by atoms with E-state index in [1.807, 2.05) is 13.8 Å². The molecule has 1 atom stereocenters. The van der Waals surface area contributed by atoms with Gasteiger partial charge < -0.3 is 10.0 Å². The smallest absolute Gasteiger partial charge is 0.407 e. The van der Waals surface area contributed by atoms with Crippen LogP contribution in [-0.4, -0.2) is 41.6 Å². The fourth-order valence-corrected chi connectivity index (χ4v) is 3.64. The van der Waals surface area contributed by atoms with Crippen molar-refractivity contribution in [2.75, 3.05) is 6.54 Å². The number of unbranched alkanes of at least 4 members (excludes halogenated alkanes) is 1. The van der Waals surface area contributed by atoms with Crippen LogP contribution in [0.3, 0.4) is 0 Å². The topological polar surface area (TPSA) is 114 Å². The molecule has 7 nitrogen and oxygen atoms in total. The summed E-state index contributed by atoms with van der Waals surface area (Å²) in [6, 6.07) is 2.91. The summed E-state index contributed by atoms with van der Waals surface area (Å²) in [5.74, 6) is 6.34. The predicted molar refractivity (Wildman–Crippen MR) is 93.3 cm³/mol. The van der Waals surface area contributed by atoms with E-state index in [4.69, 9.17) is 5.14 Å². The van der Waals surface area contributed by atoms with Gasteiger partial charge in [0.15, 0.2) is 5.03 Å². The third kappa shape index (κ3) is 5.18. The SMILES string of the molecule is CC1(C)C[C@H](CCCC#Cc2ccc(S(N)(=O)=O)nc2)CN1C(=O)O. The second-order valence-electron chi connectivity index (χ2n) is 6.90. The van der Waals surface area contributed by atoms with E-state index < -0.39 is 16.1 Å². The van der Waals surface area contributed by atoms with Crippen molar-refractivity contribution in [1.82, 2.24) is 9.88 Å². The van der Waals surface area contributed by atoms with E-state index in [9.17, 15) is 18.3 Å². The van der Waals surface area contributed by atoms with Crippen LogP contribution in [0, 0.1) is 17.8 Å². The molecule has 1 saturated heterocycles. The number of hydrogen-bond acceptors (Lipinski definition) is 4. The van der Waals surface area contributed by atoms with Crippen molar-refractivity contribution in [3.8, 4) is 11.8 Å². The Labute approximate surface area is 148 Å². The molecule has 0 saturated carbocycles. The number of nitrogens with zero attached hydrogens (tertiary/aromatic N) is 2. The van der Waals surface area contributed by atoms with Crippen LogP contribution in [0.4, 0.5) is 4.79 Å². The molecule has 136 valence electrons. The lowest BCUT2D eigenvalue weighted by Crippen LogP contribution is -2.41. The van der Waals surface area contributed by atoms with E-state index in [-0.39, 0.29) is 10.6 Å².